The van der Waals surface area contributed by atoms with Crippen LogP contribution in [0.15, 0.2) is 23.2 Å². The van der Waals surface area contributed by atoms with Crippen LogP contribution in [-0.4, -0.2) is 19.6 Å². The Morgan fingerprint density at radius 1 is 1.30 bits per heavy atom. The summed E-state index contributed by atoms with van der Waals surface area (Å²) in [4.78, 5) is 4.19. The predicted octanol–water partition coefficient (Wildman–Crippen LogP) is 4.08. The molecule has 0 unspecified atom stereocenters. The van der Waals surface area contributed by atoms with Gasteiger partial charge in [-0.15, -0.1) is 24.0 Å². The minimum absolute atomic E-state index is 0. The Balaban J connectivity index is 0.00000200. The van der Waals surface area contributed by atoms with Crippen LogP contribution in [0, 0.1) is 5.92 Å². The van der Waals surface area contributed by atoms with Gasteiger partial charge in [-0.05, 0) is 30.0 Å². The Hall–Kier alpha value is -0.200. The normalized spacial score (nSPS) is 14.7. The molecule has 1 fully saturated rings. The fraction of sp³-hybridized carbons (Fsp3) is 0.500. The third-order valence-corrected chi connectivity index (χ3v) is 3.81. The van der Waals surface area contributed by atoms with E-state index in [1.807, 2.05) is 12.1 Å². The third kappa shape index (κ3) is 6.06. The summed E-state index contributed by atoms with van der Waals surface area (Å²) in [6.07, 6.45) is 3.99. The van der Waals surface area contributed by atoms with Crippen LogP contribution >= 0.6 is 47.2 Å². The van der Waals surface area contributed by atoms with Crippen LogP contribution < -0.4 is 10.6 Å². The highest BCUT2D eigenvalue weighted by molar-refractivity contribution is 14.0. The maximum absolute atomic E-state index is 6.13. The van der Waals surface area contributed by atoms with Gasteiger partial charge < -0.3 is 10.6 Å². The molecule has 1 aliphatic rings. The summed E-state index contributed by atoms with van der Waals surface area (Å²) in [5.74, 6) is 1.74. The van der Waals surface area contributed by atoms with E-state index in [-0.39, 0.29) is 24.0 Å². The number of nitrogens with one attached hydrogen (secondary N) is 2. The van der Waals surface area contributed by atoms with Crippen LogP contribution in [0.3, 0.4) is 0 Å². The number of hydrogen-bond acceptors (Lipinski definition) is 1. The molecular formula is C14H20Cl2IN3. The highest BCUT2D eigenvalue weighted by atomic mass is 127. The standard InChI is InChI=1S/C14H19Cl2N3.HI/c1-17-14(18-7-6-10-2-3-10)19-9-11-4-5-12(15)8-13(11)16;/h4-5,8,10H,2-3,6-7,9H2,1H3,(H2,17,18,19);1H. The second-order valence-corrected chi connectivity index (χ2v) is 5.66. The first-order valence-corrected chi connectivity index (χ1v) is 7.33. The lowest BCUT2D eigenvalue weighted by Gasteiger charge is -2.12. The van der Waals surface area contributed by atoms with Crippen LogP contribution in [0.1, 0.15) is 24.8 Å². The van der Waals surface area contributed by atoms with Gasteiger partial charge in [-0.25, -0.2) is 0 Å². The summed E-state index contributed by atoms with van der Waals surface area (Å²) in [7, 11) is 1.77. The summed E-state index contributed by atoms with van der Waals surface area (Å²) in [6.45, 7) is 1.61. The van der Waals surface area contributed by atoms with E-state index in [4.69, 9.17) is 23.2 Å². The van der Waals surface area contributed by atoms with Crippen molar-refractivity contribution >= 4 is 53.1 Å². The highest BCUT2D eigenvalue weighted by Gasteiger charge is 2.20. The molecule has 0 saturated heterocycles. The molecule has 1 aliphatic carbocycles. The maximum atomic E-state index is 6.13. The zero-order valence-corrected chi connectivity index (χ0v) is 15.3. The zero-order valence-electron chi connectivity index (χ0n) is 11.5. The van der Waals surface area contributed by atoms with Crippen LogP contribution in [-0.2, 0) is 6.54 Å². The number of aliphatic imine (C=N–C) groups is 1. The van der Waals surface area contributed by atoms with Crippen molar-refractivity contribution in [1.29, 1.82) is 0 Å². The number of guanidine groups is 1. The first kappa shape index (κ1) is 17.9. The molecule has 2 N–H and O–H groups in total. The molecule has 3 nitrogen and oxygen atoms in total. The van der Waals surface area contributed by atoms with E-state index < -0.39 is 0 Å². The largest absolute Gasteiger partial charge is 0.356 e. The summed E-state index contributed by atoms with van der Waals surface area (Å²) in [5, 5.41) is 7.89. The lowest BCUT2D eigenvalue weighted by molar-refractivity contribution is 0.684. The Kier molecular flexibility index (Phi) is 7.99. The topological polar surface area (TPSA) is 36.4 Å². The van der Waals surface area contributed by atoms with Gasteiger partial charge in [-0.2, -0.15) is 0 Å². The van der Waals surface area contributed by atoms with E-state index >= 15 is 0 Å². The van der Waals surface area contributed by atoms with E-state index in [2.05, 4.69) is 15.6 Å². The number of rotatable bonds is 5. The minimum Gasteiger partial charge on any atom is -0.356 e. The van der Waals surface area contributed by atoms with Crippen molar-refractivity contribution in [3.05, 3.63) is 33.8 Å². The van der Waals surface area contributed by atoms with E-state index in [1.54, 1.807) is 13.1 Å². The van der Waals surface area contributed by atoms with Gasteiger partial charge in [0, 0.05) is 30.2 Å². The first-order chi connectivity index (χ1) is 9.19. The van der Waals surface area contributed by atoms with E-state index in [0.717, 1.165) is 24.0 Å². The lowest BCUT2D eigenvalue weighted by Crippen LogP contribution is -2.37. The van der Waals surface area contributed by atoms with Gasteiger partial charge in [0.15, 0.2) is 5.96 Å². The molecule has 0 aromatic heterocycles. The van der Waals surface area contributed by atoms with Gasteiger partial charge in [-0.1, -0.05) is 42.1 Å². The number of hydrogen-bond donors (Lipinski definition) is 2. The second-order valence-electron chi connectivity index (χ2n) is 4.82. The average molecular weight is 428 g/mol. The van der Waals surface area contributed by atoms with Crippen LogP contribution in [0.25, 0.3) is 0 Å². The van der Waals surface area contributed by atoms with Gasteiger partial charge in [0.25, 0.3) is 0 Å². The molecule has 0 aliphatic heterocycles. The molecule has 0 heterocycles. The lowest BCUT2D eigenvalue weighted by atomic mass is 10.2. The van der Waals surface area contributed by atoms with Crippen molar-refractivity contribution < 1.29 is 0 Å². The summed E-state index contributed by atoms with van der Waals surface area (Å²) in [6, 6.07) is 5.52. The van der Waals surface area contributed by atoms with Crippen molar-refractivity contribution in [1.82, 2.24) is 10.6 Å². The van der Waals surface area contributed by atoms with Crippen molar-refractivity contribution in [2.75, 3.05) is 13.6 Å². The SMILES string of the molecule is CN=C(NCCC1CC1)NCc1ccc(Cl)cc1Cl.I. The van der Waals surface area contributed by atoms with Crippen molar-refractivity contribution in [2.45, 2.75) is 25.8 Å². The maximum Gasteiger partial charge on any atom is 0.191 e. The summed E-state index contributed by atoms with van der Waals surface area (Å²) >= 11 is 12.0. The highest BCUT2D eigenvalue weighted by Crippen LogP contribution is 2.31. The van der Waals surface area contributed by atoms with Gasteiger partial charge in [0.1, 0.15) is 0 Å². The smallest absolute Gasteiger partial charge is 0.191 e. The van der Waals surface area contributed by atoms with Crippen LogP contribution in [0.2, 0.25) is 10.0 Å². The molecule has 0 spiro atoms. The molecule has 1 aromatic rings. The first-order valence-electron chi connectivity index (χ1n) is 6.57. The van der Waals surface area contributed by atoms with Crippen molar-refractivity contribution in [3.8, 4) is 0 Å². The quantitative estimate of drug-likeness (QED) is 0.422. The van der Waals surface area contributed by atoms with Crippen LogP contribution in [0.4, 0.5) is 0 Å². The summed E-state index contributed by atoms with van der Waals surface area (Å²) in [5.41, 5.74) is 1.01. The van der Waals surface area contributed by atoms with Crippen molar-refractivity contribution in [2.24, 2.45) is 10.9 Å². The van der Waals surface area contributed by atoms with Gasteiger partial charge >= 0.3 is 0 Å². The summed E-state index contributed by atoms with van der Waals surface area (Å²) < 4.78 is 0. The molecule has 0 bridgehead atoms. The Bertz CT molecular complexity index is 462. The van der Waals surface area contributed by atoms with Crippen LogP contribution in [0.5, 0.6) is 0 Å². The average Bonchev–Trinajstić information content (AvgIpc) is 3.19. The number of benzene rings is 1. The Labute approximate surface area is 147 Å². The van der Waals surface area contributed by atoms with E-state index in [9.17, 15) is 0 Å². The molecule has 112 valence electrons. The third-order valence-electron chi connectivity index (χ3n) is 3.23. The molecule has 0 atom stereocenters. The molecule has 6 heteroatoms. The second kappa shape index (κ2) is 8.95. The Morgan fingerprint density at radius 3 is 2.65 bits per heavy atom. The molecule has 2 rings (SSSR count). The fourth-order valence-corrected chi connectivity index (χ4v) is 2.34. The van der Waals surface area contributed by atoms with Gasteiger partial charge in [0.05, 0.1) is 0 Å². The molecule has 1 saturated carbocycles. The fourth-order valence-electron chi connectivity index (χ4n) is 1.87. The monoisotopic (exact) mass is 427 g/mol. The van der Waals surface area contributed by atoms with E-state index in [0.29, 0.717) is 16.6 Å². The number of nitrogens with zero attached hydrogens (tertiary/aromatic N) is 1. The number of halogens is 3. The predicted molar refractivity (Wildman–Crippen MR) is 97.4 cm³/mol. The van der Waals surface area contributed by atoms with Crippen molar-refractivity contribution in [3.63, 3.8) is 0 Å². The Morgan fingerprint density at radius 2 is 2.05 bits per heavy atom. The van der Waals surface area contributed by atoms with Gasteiger partial charge in [0.2, 0.25) is 0 Å². The zero-order chi connectivity index (χ0) is 13.7. The van der Waals surface area contributed by atoms with E-state index in [1.165, 1.54) is 19.3 Å². The molecular weight excluding hydrogens is 408 g/mol. The molecule has 0 radical (unpaired) electrons. The molecule has 1 aromatic carbocycles. The molecule has 0 amide bonds. The minimum atomic E-state index is 0. The molecule has 20 heavy (non-hydrogen) atoms. The van der Waals surface area contributed by atoms with Gasteiger partial charge in [-0.3, -0.25) is 4.99 Å².